The zero-order valence-electron chi connectivity index (χ0n) is 18.6. The molecule has 0 spiro atoms. The number of rotatable bonds is 4. The van der Waals surface area contributed by atoms with E-state index in [0.29, 0.717) is 11.6 Å². The third-order valence-electron chi connectivity index (χ3n) is 6.20. The lowest BCUT2D eigenvalue weighted by molar-refractivity contribution is 0.111. The molecule has 1 aliphatic carbocycles. The van der Waals surface area contributed by atoms with Crippen LogP contribution in [-0.4, -0.2) is 22.6 Å². The Morgan fingerprint density at radius 3 is 2.42 bits per heavy atom. The first-order chi connectivity index (χ1) is 16.2. The zero-order valence-corrected chi connectivity index (χ0v) is 18.6. The Bertz CT molecular complexity index is 1290. The van der Waals surface area contributed by atoms with Crippen molar-refractivity contribution < 1.29 is 4.74 Å². The summed E-state index contributed by atoms with van der Waals surface area (Å²) in [4.78, 5) is 8.81. The van der Waals surface area contributed by atoms with Crippen molar-refractivity contribution in [3.05, 3.63) is 84.2 Å². The molecule has 33 heavy (non-hydrogen) atoms. The third-order valence-corrected chi connectivity index (χ3v) is 6.20. The highest BCUT2D eigenvalue weighted by molar-refractivity contribution is 5.91. The molecule has 2 unspecified atom stereocenters. The van der Waals surface area contributed by atoms with Gasteiger partial charge < -0.3 is 15.4 Å². The fourth-order valence-corrected chi connectivity index (χ4v) is 4.05. The smallest absolute Gasteiger partial charge is 0.207 e. The number of para-hydroxylation sites is 2. The fraction of sp³-hybridized carbons (Fsp3) is 0.214. The minimum atomic E-state index is 0.358. The number of terminal acetylenes is 1. The van der Waals surface area contributed by atoms with Crippen LogP contribution in [0.25, 0.3) is 10.9 Å². The SMILES string of the molecule is C#Cc1nc(Nc2ccc(Oc3ccccc3)c(C)c2)c2ccccc2n1.C1CC2NCC12. The highest BCUT2D eigenvalue weighted by atomic mass is 16.5. The molecule has 1 saturated heterocycles. The van der Waals surface area contributed by atoms with Crippen LogP contribution in [-0.2, 0) is 0 Å². The van der Waals surface area contributed by atoms with Gasteiger partial charge in [-0.25, -0.2) is 9.97 Å². The molecular weight excluding hydrogens is 408 g/mol. The van der Waals surface area contributed by atoms with Gasteiger partial charge in [0, 0.05) is 17.1 Å². The summed E-state index contributed by atoms with van der Waals surface area (Å²) in [5, 5.41) is 7.61. The van der Waals surface area contributed by atoms with Crippen LogP contribution in [0.4, 0.5) is 11.5 Å². The minimum absolute atomic E-state index is 0.358. The highest BCUT2D eigenvalue weighted by Gasteiger charge is 2.37. The van der Waals surface area contributed by atoms with Crippen LogP contribution in [0.2, 0.25) is 0 Å². The van der Waals surface area contributed by atoms with Crippen molar-refractivity contribution in [3.8, 4) is 23.8 Å². The second-order valence-electron chi connectivity index (χ2n) is 8.43. The molecule has 0 bridgehead atoms. The van der Waals surface area contributed by atoms with Gasteiger partial charge in [-0.2, -0.15) is 0 Å². The normalized spacial score (nSPS) is 17.9. The summed E-state index contributed by atoms with van der Waals surface area (Å²) in [5.74, 6) is 6.27. The van der Waals surface area contributed by atoms with Crippen molar-refractivity contribution in [3.63, 3.8) is 0 Å². The molecule has 1 aliphatic heterocycles. The highest BCUT2D eigenvalue weighted by Crippen LogP contribution is 2.33. The van der Waals surface area contributed by atoms with Gasteiger partial charge in [-0.3, -0.25) is 0 Å². The second kappa shape index (κ2) is 9.32. The first-order valence-electron chi connectivity index (χ1n) is 11.3. The number of aromatic nitrogens is 2. The molecule has 2 atom stereocenters. The van der Waals surface area contributed by atoms with Gasteiger partial charge in [-0.05, 0) is 86.2 Å². The lowest BCUT2D eigenvalue weighted by Crippen LogP contribution is -2.59. The molecule has 2 fully saturated rings. The Morgan fingerprint density at radius 2 is 1.79 bits per heavy atom. The van der Waals surface area contributed by atoms with Gasteiger partial charge in [0.1, 0.15) is 17.3 Å². The predicted octanol–water partition coefficient (Wildman–Crippen LogP) is 5.82. The molecular formula is C28H26N4O. The molecule has 2 aliphatic rings. The Hall–Kier alpha value is -3.88. The number of hydrogen-bond donors (Lipinski definition) is 2. The van der Waals surface area contributed by atoms with Gasteiger partial charge in [0.25, 0.3) is 0 Å². The standard InChI is InChI=1S/C23H17N3O.C5H9N/c1-3-22-25-20-12-8-7-11-19(20)23(26-22)24-17-13-14-21(16(2)15-17)27-18-9-5-4-6-10-18;1-2-5-4(1)3-6-5/h1,4-15H,2H3,(H,24,25,26);4-6H,1-3H2. The molecule has 6 rings (SSSR count). The van der Waals surface area contributed by atoms with Crippen LogP contribution < -0.4 is 15.4 Å². The Labute approximate surface area is 194 Å². The Morgan fingerprint density at radius 1 is 1.00 bits per heavy atom. The molecule has 2 heterocycles. The largest absolute Gasteiger partial charge is 0.457 e. The van der Waals surface area contributed by atoms with Crippen molar-refractivity contribution in [2.45, 2.75) is 25.8 Å². The van der Waals surface area contributed by atoms with Crippen LogP contribution in [0.3, 0.4) is 0 Å². The summed E-state index contributed by atoms with van der Waals surface area (Å²) in [6.07, 6.45) is 8.45. The lowest BCUT2D eigenvalue weighted by Gasteiger charge is -2.47. The summed E-state index contributed by atoms with van der Waals surface area (Å²) in [6.45, 7) is 3.32. The van der Waals surface area contributed by atoms with Crippen molar-refractivity contribution in [2.24, 2.45) is 5.92 Å². The summed E-state index contributed by atoms with van der Waals surface area (Å²) < 4.78 is 5.94. The topological polar surface area (TPSA) is 59.1 Å². The first kappa shape index (κ1) is 21.0. The average Bonchev–Trinajstić information content (AvgIpc) is 2.84. The van der Waals surface area contributed by atoms with E-state index in [4.69, 9.17) is 11.2 Å². The van der Waals surface area contributed by atoms with E-state index in [2.05, 4.69) is 26.5 Å². The van der Waals surface area contributed by atoms with Crippen LogP contribution in [0.15, 0.2) is 72.8 Å². The summed E-state index contributed by atoms with van der Waals surface area (Å²) in [6, 6.07) is 24.4. The molecule has 1 aromatic heterocycles. The maximum Gasteiger partial charge on any atom is 0.207 e. The van der Waals surface area contributed by atoms with E-state index in [-0.39, 0.29) is 0 Å². The van der Waals surface area contributed by atoms with Crippen LogP contribution in [0.1, 0.15) is 24.2 Å². The number of nitrogens with zero attached hydrogens (tertiary/aromatic N) is 2. The molecule has 164 valence electrons. The summed E-state index contributed by atoms with van der Waals surface area (Å²) >= 11 is 0. The quantitative estimate of drug-likeness (QED) is 0.396. The molecule has 0 radical (unpaired) electrons. The van der Waals surface area contributed by atoms with E-state index in [9.17, 15) is 0 Å². The molecule has 5 nitrogen and oxygen atoms in total. The number of fused-ring (bicyclic) bond motifs is 2. The number of piperidine rings is 1. The van der Waals surface area contributed by atoms with Gasteiger partial charge in [-0.15, -0.1) is 6.42 Å². The van der Waals surface area contributed by atoms with Crippen LogP contribution in [0, 0.1) is 25.2 Å². The number of anilines is 2. The minimum Gasteiger partial charge on any atom is -0.457 e. The van der Waals surface area contributed by atoms with Crippen molar-refractivity contribution in [1.82, 2.24) is 15.3 Å². The van der Waals surface area contributed by atoms with Crippen molar-refractivity contribution in [2.75, 3.05) is 11.9 Å². The summed E-state index contributed by atoms with van der Waals surface area (Å²) in [5.41, 5.74) is 2.72. The van der Waals surface area contributed by atoms with E-state index in [1.165, 1.54) is 19.4 Å². The maximum atomic E-state index is 5.94. The van der Waals surface area contributed by atoms with E-state index in [0.717, 1.165) is 45.6 Å². The monoisotopic (exact) mass is 434 g/mol. The third kappa shape index (κ3) is 4.67. The predicted molar refractivity (Wildman–Crippen MR) is 133 cm³/mol. The molecule has 0 amide bonds. The lowest BCUT2D eigenvalue weighted by atomic mass is 9.74. The second-order valence-corrected chi connectivity index (χ2v) is 8.43. The maximum absolute atomic E-state index is 5.94. The van der Waals surface area contributed by atoms with E-state index in [1.54, 1.807) is 0 Å². The molecule has 5 heteroatoms. The van der Waals surface area contributed by atoms with E-state index in [1.807, 2.05) is 79.7 Å². The van der Waals surface area contributed by atoms with Gasteiger partial charge >= 0.3 is 0 Å². The van der Waals surface area contributed by atoms with Gasteiger partial charge in [0.2, 0.25) is 5.82 Å². The number of nitrogens with one attached hydrogen (secondary N) is 2. The number of aryl methyl sites for hydroxylation is 1. The Balaban J connectivity index is 0.000000324. The van der Waals surface area contributed by atoms with Crippen LogP contribution >= 0.6 is 0 Å². The average molecular weight is 435 g/mol. The molecule has 3 aromatic carbocycles. The van der Waals surface area contributed by atoms with E-state index < -0.39 is 0 Å². The Kier molecular flexibility index (Phi) is 5.93. The fourth-order valence-electron chi connectivity index (χ4n) is 4.05. The van der Waals surface area contributed by atoms with Crippen LogP contribution in [0.5, 0.6) is 11.5 Å². The van der Waals surface area contributed by atoms with Crippen molar-refractivity contribution >= 4 is 22.4 Å². The molecule has 4 aromatic rings. The zero-order chi connectivity index (χ0) is 22.6. The van der Waals surface area contributed by atoms with Gasteiger partial charge in [0.15, 0.2) is 0 Å². The number of ether oxygens (including phenoxy) is 1. The van der Waals surface area contributed by atoms with Gasteiger partial charge in [0.05, 0.1) is 5.52 Å². The molecule has 2 N–H and O–H groups in total. The summed E-state index contributed by atoms with van der Waals surface area (Å²) in [7, 11) is 0. The van der Waals surface area contributed by atoms with Gasteiger partial charge in [-0.1, -0.05) is 30.3 Å². The van der Waals surface area contributed by atoms with E-state index >= 15 is 0 Å². The number of hydrogen-bond acceptors (Lipinski definition) is 5. The number of benzene rings is 3. The molecule has 1 saturated carbocycles. The first-order valence-corrected chi connectivity index (χ1v) is 11.3. The van der Waals surface area contributed by atoms with Crippen molar-refractivity contribution in [1.29, 1.82) is 0 Å².